The second-order valence-electron chi connectivity index (χ2n) is 7.84. The quantitative estimate of drug-likeness (QED) is 0.751. The van der Waals surface area contributed by atoms with E-state index in [4.69, 9.17) is 9.47 Å². The van der Waals surface area contributed by atoms with Crippen molar-refractivity contribution < 1.29 is 17.9 Å². The first kappa shape index (κ1) is 20.2. The van der Waals surface area contributed by atoms with Gasteiger partial charge >= 0.3 is 0 Å². The van der Waals surface area contributed by atoms with Crippen molar-refractivity contribution in [2.45, 2.75) is 55.2 Å². The lowest BCUT2D eigenvalue weighted by Gasteiger charge is -2.39. The fraction of sp³-hybridized carbons (Fsp3) is 0.455. The third-order valence-electron chi connectivity index (χ3n) is 6.10. The van der Waals surface area contributed by atoms with Crippen molar-refractivity contribution >= 4 is 10.0 Å². The minimum atomic E-state index is -3.48. The number of ether oxygens (including phenoxy) is 2. The molecule has 2 aromatic carbocycles. The summed E-state index contributed by atoms with van der Waals surface area (Å²) in [4.78, 5) is 2.83. The molecule has 2 aliphatic rings. The van der Waals surface area contributed by atoms with Gasteiger partial charge in [-0.1, -0.05) is 18.2 Å². The average molecular weight is 417 g/mol. The molecule has 2 bridgehead atoms. The van der Waals surface area contributed by atoms with Crippen molar-refractivity contribution in [2.75, 3.05) is 14.2 Å². The number of rotatable bonds is 7. The van der Waals surface area contributed by atoms with Crippen molar-refractivity contribution in [3.05, 3.63) is 54.1 Å². The SMILES string of the molecule is COc1ccc(OC)c(CN2[C@H]3CC[C@H]2CC(NS(=O)(=O)c2ccccc2)C3)c1. The molecule has 29 heavy (non-hydrogen) atoms. The van der Waals surface area contributed by atoms with Gasteiger partial charge in [-0.3, -0.25) is 4.90 Å². The molecule has 0 saturated carbocycles. The van der Waals surface area contributed by atoms with Gasteiger partial charge in [0.1, 0.15) is 11.5 Å². The molecule has 7 heteroatoms. The summed E-state index contributed by atoms with van der Waals surface area (Å²) in [5, 5.41) is 0. The largest absolute Gasteiger partial charge is 0.497 e. The molecule has 0 amide bonds. The first-order valence-corrected chi connectivity index (χ1v) is 11.5. The van der Waals surface area contributed by atoms with Gasteiger partial charge in [0.2, 0.25) is 10.0 Å². The Kier molecular flexibility index (Phi) is 5.81. The lowest BCUT2D eigenvalue weighted by Crippen LogP contribution is -2.49. The number of benzene rings is 2. The number of sulfonamides is 1. The van der Waals surface area contributed by atoms with E-state index in [-0.39, 0.29) is 6.04 Å². The predicted octanol–water partition coefficient (Wildman–Crippen LogP) is 3.18. The molecule has 2 heterocycles. The Balaban J connectivity index is 1.46. The molecule has 1 N–H and O–H groups in total. The van der Waals surface area contributed by atoms with Crippen molar-refractivity contribution in [3.8, 4) is 11.5 Å². The highest BCUT2D eigenvalue weighted by molar-refractivity contribution is 7.89. The number of methoxy groups -OCH3 is 2. The van der Waals surface area contributed by atoms with Crippen LogP contribution in [0.1, 0.15) is 31.2 Å². The van der Waals surface area contributed by atoms with Crippen LogP contribution >= 0.6 is 0 Å². The van der Waals surface area contributed by atoms with Crippen LogP contribution in [0.25, 0.3) is 0 Å². The highest BCUT2D eigenvalue weighted by Gasteiger charge is 2.42. The Bertz CT molecular complexity index is 935. The zero-order chi connectivity index (χ0) is 20.4. The third kappa shape index (κ3) is 4.27. The normalized spacial score (nSPS) is 24.4. The van der Waals surface area contributed by atoms with E-state index in [1.165, 1.54) is 0 Å². The van der Waals surface area contributed by atoms with Crippen LogP contribution in [0.15, 0.2) is 53.4 Å². The molecule has 2 saturated heterocycles. The molecule has 2 atom stereocenters. The van der Waals surface area contributed by atoms with Crippen LogP contribution in [-0.4, -0.2) is 45.7 Å². The summed E-state index contributed by atoms with van der Waals surface area (Å²) in [6.45, 7) is 0.786. The summed E-state index contributed by atoms with van der Waals surface area (Å²) < 4.78 is 39.3. The minimum absolute atomic E-state index is 0.0267. The van der Waals surface area contributed by atoms with Crippen LogP contribution in [-0.2, 0) is 16.6 Å². The second-order valence-corrected chi connectivity index (χ2v) is 9.55. The van der Waals surface area contributed by atoms with Gasteiger partial charge in [-0.05, 0) is 56.0 Å². The lowest BCUT2D eigenvalue weighted by atomic mass is 9.97. The number of nitrogens with one attached hydrogen (secondary N) is 1. The fourth-order valence-electron chi connectivity index (χ4n) is 4.72. The third-order valence-corrected chi connectivity index (χ3v) is 7.64. The molecule has 2 aromatic rings. The Morgan fingerprint density at radius 1 is 1.00 bits per heavy atom. The zero-order valence-corrected chi connectivity index (χ0v) is 17.7. The number of piperidine rings is 1. The maximum atomic E-state index is 12.7. The monoisotopic (exact) mass is 416 g/mol. The van der Waals surface area contributed by atoms with Crippen molar-refractivity contribution in [1.29, 1.82) is 0 Å². The first-order valence-electron chi connectivity index (χ1n) is 10.0. The molecule has 2 aliphatic heterocycles. The van der Waals surface area contributed by atoms with Crippen molar-refractivity contribution in [3.63, 3.8) is 0 Å². The van der Waals surface area contributed by atoms with Gasteiger partial charge in [-0.15, -0.1) is 0 Å². The van der Waals surface area contributed by atoms with Crippen LogP contribution in [0.3, 0.4) is 0 Å². The predicted molar refractivity (Wildman–Crippen MR) is 112 cm³/mol. The summed E-state index contributed by atoms with van der Waals surface area (Å²) in [6, 6.07) is 15.2. The van der Waals surface area contributed by atoms with Crippen molar-refractivity contribution in [1.82, 2.24) is 9.62 Å². The molecule has 4 rings (SSSR count). The van der Waals surface area contributed by atoms with E-state index in [0.717, 1.165) is 49.3 Å². The topological polar surface area (TPSA) is 67.9 Å². The molecule has 0 aromatic heterocycles. The van der Waals surface area contributed by atoms with Gasteiger partial charge in [-0.25, -0.2) is 13.1 Å². The van der Waals surface area contributed by atoms with Crippen LogP contribution in [0.2, 0.25) is 0 Å². The van der Waals surface area contributed by atoms with Crippen LogP contribution in [0.5, 0.6) is 11.5 Å². The lowest BCUT2D eigenvalue weighted by molar-refractivity contribution is 0.114. The molecule has 2 fully saturated rings. The number of hydrogen-bond acceptors (Lipinski definition) is 5. The van der Waals surface area contributed by atoms with Gasteiger partial charge in [0.15, 0.2) is 0 Å². The Labute approximate surface area is 172 Å². The second kappa shape index (κ2) is 8.34. The molecule has 0 aliphatic carbocycles. The summed E-state index contributed by atoms with van der Waals surface area (Å²) in [7, 11) is -0.129. The van der Waals surface area contributed by atoms with E-state index in [1.54, 1.807) is 38.5 Å². The number of hydrogen-bond donors (Lipinski definition) is 1. The summed E-state index contributed by atoms with van der Waals surface area (Å²) in [5.74, 6) is 1.68. The van der Waals surface area contributed by atoms with Gasteiger partial charge < -0.3 is 9.47 Å². The van der Waals surface area contributed by atoms with Gasteiger partial charge in [0.05, 0.1) is 19.1 Å². The molecule has 0 spiro atoms. The van der Waals surface area contributed by atoms with Crippen LogP contribution in [0, 0.1) is 0 Å². The maximum Gasteiger partial charge on any atom is 0.240 e. The Hall–Kier alpha value is -2.09. The molecular formula is C22H28N2O4S. The van der Waals surface area contributed by atoms with Gasteiger partial charge in [0.25, 0.3) is 0 Å². The fourth-order valence-corrected chi connectivity index (χ4v) is 6.00. The van der Waals surface area contributed by atoms with E-state index >= 15 is 0 Å². The van der Waals surface area contributed by atoms with Crippen LogP contribution < -0.4 is 14.2 Å². The van der Waals surface area contributed by atoms with Gasteiger partial charge in [-0.2, -0.15) is 0 Å². The van der Waals surface area contributed by atoms with Gasteiger partial charge in [0, 0.05) is 30.2 Å². The van der Waals surface area contributed by atoms with Crippen LogP contribution in [0.4, 0.5) is 0 Å². The minimum Gasteiger partial charge on any atom is -0.497 e. The highest BCUT2D eigenvalue weighted by atomic mass is 32.2. The number of fused-ring (bicyclic) bond motifs is 2. The molecule has 6 nitrogen and oxygen atoms in total. The summed E-state index contributed by atoms with van der Waals surface area (Å²) in [5.41, 5.74) is 1.10. The average Bonchev–Trinajstić information content (AvgIpc) is 2.96. The maximum absolute atomic E-state index is 12.7. The Morgan fingerprint density at radius 2 is 1.69 bits per heavy atom. The van der Waals surface area contributed by atoms with E-state index in [9.17, 15) is 8.42 Å². The Morgan fingerprint density at radius 3 is 2.31 bits per heavy atom. The highest BCUT2D eigenvalue weighted by Crippen LogP contribution is 2.38. The summed E-state index contributed by atoms with van der Waals surface area (Å²) in [6.07, 6.45) is 3.85. The first-order chi connectivity index (χ1) is 14.0. The summed E-state index contributed by atoms with van der Waals surface area (Å²) >= 11 is 0. The molecular weight excluding hydrogens is 388 g/mol. The van der Waals surface area contributed by atoms with E-state index in [1.807, 2.05) is 24.3 Å². The molecule has 0 radical (unpaired) electrons. The van der Waals surface area contributed by atoms with Crippen molar-refractivity contribution in [2.24, 2.45) is 0 Å². The molecule has 156 valence electrons. The van der Waals surface area contributed by atoms with E-state index in [2.05, 4.69) is 9.62 Å². The van der Waals surface area contributed by atoms with E-state index in [0.29, 0.717) is 17.0 Å². The standard InChI is InChI=1S/C22H28N2O4S/c1-27-20-10-11-22(28-2)16(12-20)15-24-18-8-9-19(24)14-17(13-18)23-29(25,26)21-6-4-3-5-7-21/h3-7,10-12,17-19,23H,8-9,13-15H2,1-2H3/t18-,19-/m0/s1. The molecule has 0 unspecified atom stereocenters. The number of nitrogens with zero attached hydrogens (tertiary/aromatic N) is 1. The zero-order valence-electron chi connectivity index (χ0n) is 16.9. The van der Waals surface area contributed by atoms with E-state index < -0.39 is 10.0 Å². The smallest absolute Gasteiger partial charge is 0.240 e.